The maximum absolute atomic E-state index is 13.2. The number of hydrogen-bond acceptors (Lipinski definition) is 13. The Morgan fingerprint density at radius 1 is 0.479 bits per heavy atom. The molecule has 2 aliphatic heterocycles. The van der Waals surface area contributed by atoms with Gasteiger partial charge in [0.25, 0.3) is 0 Å². The summed E-state index contributed by atoms with van der Waals surface area (Å²) in [6.45, 7) is 2.74. The first-order valence-electron chi connectivity index (χ1n) is 30.1. The maximum atomic E-state index is 13.2. The summed E-state index contributed by atoms with van der Waals surface area (Å²) < 4.78 is 22.7. The van der Waals surface area contributed by atoms with Crippen LogP contribution in [0.1, 0.15) is 251 Å². The number of aliphatic hydroxyl groups excluding tert-OH is 8. The number of amides is 1. The third-order valence-electron chi connectivity index (χ3n) is 14.9. The topological polar surface area (TPSA) is 228 Å². The van der Waals surface area contributed by atoms with Crippen molar-refractivity contribution in [2.75, 3.05) is 19.8 Å². The van der Waals surface area contributed by atoms with Crippen LogP contribution in [0, 0.1) is 0 Å². The Hall–Kier alpha value is -1.53. The van der Waals surface area contributed by atoms with E-state index in [0.717, 1.165) is 38.5 Å². The Morgan fingerprint density at radius 2 is 0.877 bits per heavy atom. The number of allylic oxidation sites excluding steroid dienone is 3. The molecule has 2 heterocycles. The summed E-state index contributed by atoms with van der Waals surface area (Å²) in [4.78, 5) is 13.2. The molecule has 0 aliphatic carbocycles. The molecule has 14 heteroatoms. The molecule has 12 unspecified atom stereocenters. The summed E-state index contributed by atoms with van der Waals surface area (Å²) in [5, 5.41) is 86.7. The second kappa shape index (κ2) is 45.5. The molecule has 0 bridgehead atoms. The summed E-state index contributed by atoms with van der Waals surface area (Å²) in [7, 11) is 0. The Labute approximate surface area is 443 Å². The zero-order chi connectivity index (χ0) is 53.2. The lowest BCUT2D eigenvalue weighted by molar-refractivity contribution is -0.359. The first kappa shape index (κ1) is 67.6. The van der Waals surface area contributed by atoms with Gasteiger partial charge < -0.3 is 65.1 Å². The van der Waals surface area contributed by atoms with E-state index in [1.165, 1.54) is 180 Å². The first-order chi connectivity index (χ1) is 35.6. The molecule has 14 nitrogen and oxygen atoms in total. The predicted octanol–water partition coefficient (Wildman–Crippen LogP) is 10.1. The second-order valence-electron chi connectivity index (χ2n) is 21.5. The minimum absolute atomic E-state index is 0.248. The van der Waals surface area contributed by atoms with E-state index in [1.54, 1.807) is 6.08 Å². The van der Waals surface area contributed by atoms with Crippen molar-refractivity contribution < 1.29 is 64.6 Å². The molecular formula is C59H111NO13. The van der Waals surface area contributed by atoms with E-state index in [1.807, 2.05) is 6.08 Å². The lowest BCUT2D eigenvalue weighted by Gasteiger charge is -2.46. The van der Waals surface area contributed by atoms with Crippen molar-refractivity contribution in [3.8, 4) is 0 Å². The fraction of sp³-hybridized carbons (Fsp3) is 0.915. The minimum Gasteiger partial charge on any atom is -0.394 e. The highest BCUT2D eigenvalue weighted by Gasteiger charge is 2.51. The number of carbonyl (C=O) groups excluding carboxylic acids is 1. The van der Waals surface area contributed by atoms with Crippen molar-refractivity contribution >= 4 is 5.91 Å². The quantitative estimate of drug-likeness (QED) is 0.0204. The van der Waals surface area contributed by atoms with Crippen LogP contribution >= 0.6 is 0 Å². The summed E-state index contributed by atoms with van der Waals surface area (Å²) >= 11 is 0. The lowest BCUT2D eigenvalue weighted by Crippen LogP contribution is -2.65. The lowest BCUT2D eigenvalue weighted by atomic mass is 9.97. The van der Waals surface area contributed by atoms with Gasteiger partial charge in [0.15, 0.2) is 12.6 Å². The smallest absolute Gasteiger partial charge is 0.220 e. The number of ether oxygens (including phenoxy) is 4. The Bertz CT molecular complexity index is 1320. The SMILES string of the molecule is CCCCC/C=C/CC/C=C/C(O)C(COC1OC(CO)C(OC2OC(CO)C(O)C(O)C2O)C(O)C1O)NC(=O)CCCCCCCCCCCCCCCCCCCCCCCCCCCCCCCC. The molecule has 2 fully saturated rings. The zero-order valence-corrected chi connectivity index (χ0v) is 46.1. The molecule has 12 atom stereocenters. The molecule has 2 rings (SSSR count). The minimum atomic E-state index is -1.79. The zero-order valence-electron chi connectivity index (χ0n) is 46.1. The largest absolute Gasteiger partial charge is 0.394 e. The van der Waals surface area contributed by atoms with Gasteiger partial charge in [0.2, 0.25) is 5.91 Å². The van der Waals surface area contributed by atoms with E-state index in [2.05, 4.69) is 31.3 Å². The monoisotopic (exact) mass is 1040 g/mol. The molecule has 0 aromatic heterocycles. The van der Waals surface area contributed by atoms with E-state index >= 15 is 0 Å². The van der Waals surface area contributed by atoms with Gasteiger partial charge in [0.05, 0.1) is 32.0 Å². The maximum Gasteiger partial charge on any atom is 0.220 e. The van der Waals surface area contributed by atoms with E-state index in [4.69, 9.17) is 18.9 Å². The molecule has 0 saturated carbocycles. The number of carbonyl (C=O) groups is 1. The molecule has 430 valence electrons. The van der Waals surface area contributed by atoms with E-state index in [9.17, 15) is 45.6 Å². The fourth-order valence-corrected chi connectivity index (χ4v) is 10.0. The summed E-state index contributed by atoms with van der Waals surface area (Å²) in [5.74, 6) is -0.248. The van der Waals surface area contributed by atoms with Gasteiger partial charge in [0.1, 0.15) is 48.8 Å². The Kier molecular flexibility index (Phi) is 42.1. The van der Waals surface area contributed by atoms with Gasteiger partial charge in [-0.1, -0.05) is 237 Å². The van der Waals surface area contributed by atoms with Crippen molar-refractivity contribution in [2.24, 2.45) is 0 Å². The second-order valence-corrected chi connectivity index (χ2v) is 21.5. The number of hydrogen-bond donors (Lipinski definition) is 9. The van der Waals surface area contributed by atoms with Gasteiger partial charge in [-0.3, -0.25) is 4.79 Å². The van der Waals surface area contributed by atoms with Crippen LogP contribution in [0.15, 0.2) is 24.3 Å². The third kappa shape index (κ3) is 31.5. The van der Waals surface area contributed by atoms with Crippen molar-refractivity contribution in [2.45, 2.75) is 325 Å². The first-order valence-corrected chi connectivity index (χ1v) is 30.1. The number of unbranched alkanes of at least 4 members (excludes halogenated alkanes) is 33. The highest BCUT2D eigenvalue weighted by molar-refractivity contribution is 5.76. The average Bonchev–Trinajstić information content (AvgIpc) is 3.39. The van der Waals surface area contributed by atoms with Crippen molar-refractivity contribution in [3.05, 3.63) is 24.3 Å². The number of nitrogens with one attached hydrogen (secondary N) is 1. The van der Waals surface area contributed by atoms with E-state index in [0.29, 0.717) is 12.8 Å². The van der Waals surface area contributed by atoms with Crippen molar-refractivity contribution in [3.63, 3.8) is 0 Å². The highest BCUT2D eigenvalue weighted by Crippen LogP contribution is 2.30. The van der Waals surface area contributed by atoms with Crippen molar-refractivity contribution in [1.82, 2.24) is 5.32 Å². The Morgan fingerprint density at radius 3 is 1.34 bits per heavy atom. The van der Waals surface area contributed by atoms with Crippen LogP contribution in [0.2, 0.25) is 0 Å². The molecule has 2 aliphatic rings. The third-order valence-corrected chi connectivity index (χ3v) is 14.9. The van der Waals surface area contributed by atoms with Gasteiger partial charge in [0, 0.05) is 6.42 Å². The highest BCUT2D eigenvalue weighted by atomic mass is 16.7. The van der Waals surface area contributed by atoms with Crippen LogP contribution in [-0.2, 0) is 23.7 Å². The van der Waals surface area contributed by atoms with Crippen LogP contribution in [0.3, 0.4) is 0 Å². The Balaban J connectivity index is 1.61. The summed E-state index contributed by atoms with van der Waals surface area (Å²) in [5.41, 5.74) is 0. The van der Waals surface area contributed by atoms with Crippen LogP contribution < -0.4 is 5.32 Å². The van der Waals surface area contributed by atoms with Gasteiger partial charge in [-0.25, -0.2) is 0 Å². The molecule has 0 aromatic carbocycles. The molecule has 0 spiro atoms. The van der Waals surface area contributed by atoms with E-state index < -0.39 is 86.8 Å². The van der Waals surface area contributed by atoms with Gasteiger partial charge in [-0.2, -0.15) is 0 Å². The number of rotatable bonds is 48. The fourth-order valence-electron chi connectivity index (χ4n) is 10.0. The molecule has 1 amide bonds. The van der Waals surface area contributed by atoms with Crippen LogP contribution in [0.5, 0.6) is 0 Å². The average molecular weight is 1040 g/mol. The van der Waals surface area contributed by atoms with Crippen LogP contribution in [0.4, 0.5) is 0 Å². The molecule has 2 saturated heterocycles. The molecule has 0 aromatic rings. The van der Waals surface area contributed by atoms with Crippen LogP contribution in [0.25, 0.3) is 0 Å². The summed E-state index contributed by atoms with van der Waals surface area (Å²) in [6, 6.07) is -0.925. The predicted molar refractivity (Wildman–Crippen MR) is 291 cm³/mol. The molecular weight excluding hydrogens is 931 g/mol. The van der Waals surface area contributed by atoms with Crippen molar-refractivity contribution in [1.29, 1.82) is 0 Å². The molecule has 73 heavy (non-hydrogen) atoms. The number of aliphatic hydroxyl groups is 8. The van der Waals surface area contributed by atoms with Gasteiger partial charge in [-0.15, -0.1) is 0 Å². The molecule has 9 N–H and O–H groups in total. The summed E-state index contributed by atoms with van der Waals surface area (Å²) in [6.07, 6.45) is 37.0. The van der Waals surface area contributed by atoms with E-state index in [-0.39, 0.29) is 18.9 Å². The van der Waals surface area contributed by atoms with Gasteiger partial charge >= 0.3 is 0 Å². The van der Waals surface area contributed by atoms with Gasteiger partial charge in [-0.05, 0) is 32.1 Å². The molecule has 0 radical (unpaired) electrons. The standard InChI is InChI=1S/C59H111NO13/c1-3-5-7-9-11-13-14-15-16-17-18-19-20-21-22-23-24-25-26-27-28-29-30-31-32-33-35-37-39-41-43-51(64)60-47(48(63)42-40-38-36-34-12-10-8-6-4-2)46-70-58-56(69)54(67)57(50(45-62)72-58)73-59-55(68)53(66)52(65)49(44-61)71-59/h12,34,40,42,47-50,52-59,61-63,65-69H,3-11,13-33,35-39,41,43-46H2,1-2H3,(H,60,64)/b34-12+,42-40+. The normalized spacial score (nSPS) is 25.5. The van der Waals surface area contributed by atoms with Crippen LogP contribution in [-0.4, -0.2) is 140 Å².